The highest BCUT2D eigenvalue weighted by Gasteiger charge is 2.34. The van der Waals surface area contributed by atoms with Crippen LogP contribution in [0.2, 0.25) is 0 Å². The number of methoxy groups -OCH3 is 2. The summed E-state index contributed by atoms with van der Waals surface area (Å²) in [5, 5.41) is 10.8. The zero-order valence-corrected chi connectivity index (χ0v) is 13.7. The van der Waals surface area contributed by atoms with Crippen LogP contribution in [0, 0.1) is 6.92 Å². The fourth-order valence-electron chi connectivity index (χ4n) is 3.45. The summed E-state index contributed by atoms with van der Waals surface area (Å²) in [5.41, 5.74) is 1.10. The van der Waals surface area contributed by atoms with E-state index in [0.29, 0.717) is 23.2 Å². The number of ether oxygens (including phenoxy) is 2. The van der Waals surface area contributed by atoms with Gasteiger partial charge in [0.05, 0.1) is 17.6 Å². The van der Waals surface area contributed by atoms with Crippen molar-refractivity contribution in [1.82, 2.24) is 0 Å². The largest absolute Gasteiger partial charge is 0.502 e. The van der Waals surface area contributed by atoms with Gasteiger partial charge in [-0.15, -0.1) is 0 Å². The Morgan fingerprint density at radius 2 is 1.91 bits per heavy atom. The maximum Gasteiger partial charge on any atom is 0.234 e. The van der Waals surface area contributed by atoms with Crippen LogP contribution in [0.25, 0.3) is 11.0 Å². The maximum atomic E-state index is 12.4. The molecule has 23 heavy (non-hydrogen) atoms. The lowest BCUT2D eigenvalue weighted by molar-refractivity contribution is -0.0639. The molecule has 2 aromatic rings. The maximum absolute atomic E-state index is 12.4. The SMILES string of the molecule is COC1CCC(c2oc3ccc(C)cc3c(=O)c2O)CC1OC. The molecule has 1 heterocycles. The highest BCUT2D eigenvalue weighted by Crippen LogP contribution is 2.39. The number of aryl methyl sites for hydroxylation is 1. The highest BCUT2D eigenvalue weighted by molar-refractivity contribution is 5.78. The molecule has 0 aliphatic heterocycles. The number of rotatable bonds is 3. The smallest absolute Gasteiger partial charge is 0.234 e. The number of hydrogen-bond donors (Lipinski definition) is 1. The van der Waals surface area contributed by atoms with Gasteiger partial charge in [0.15, 0.2) is 5.76 Å². The third-order valence-corrected chi connectivity index (χ3v) is 4.76. The van der Waals surface area contributed by atoms with Gasteiger partial charge in [-0.25, -0.2) is 0 Å². The fraction of sp³-hybridized carbons (Fsp3) is 0.500. The first-order valence-electron chi connectivity index (χ1n) is 7.87. The van der Waals surface area contributed by atoms with E-state index in [1.165, 1.54) is 0 Å². The van der Waals surface area contributed by atoms with E-state index >= 15 is 0 Å². The van der Waals surface area contributed by atoms with Gasteiger partial charge in [0.1, 0.15) is 5.58 Å². The molecule has 1 aromatic carbocycles. The van der Waals surface area contributed by atoms with Gasteiger partial charge in [0.2, 0.25) is 11.2 Å². The van der Waals surface area contributed by atoms with Gasteiger partial charge < -0.3 is 19.0 Å². The molecule has 0 amide bonds. The predicted octanol–water partition coefficient (Wildman–Crippen LogP) is 3.10. The summed E-state index contributed by atoms with van der Waals surface area (Å²) in [7, 11) is 3.32. The number of fused-ring (bicyclic) bond motifs is 1. The molecule has 0 bridgehead atoms. The summed E-state index contributed by atoms with van der Waals surface area (Å²) >= 11 is 0. The van der Waals surface area contributed by atoms with Crippen LogP contribution in [0.1, 0.15) is 36.5 Å². The predicted molar refractivity (Wildman–Crippen MR) is 87.1 cm³/mol. The van der Waals surface area contributed by atoms with Gasteiger partial charge in [-0.05, 0) is 38.3 Å². The molecule has 1 fully saturated rings. The van der Waals surface area contributed by atoms with E-state index in [0.717, 1.165) is 18.4 Å². The van der Waals surface area contributed by atoms with Crippen LogP contribution in [0.5, 0.6) is 5.75 Å². The Balaban J connectivity index is 2.02. The second-order valence-electron chi connectivity index (χ2n) is 6.20. The van der Waals surface area contributed by atoms with Crippen molar-refractivity contribution in [2.75, 3.05) is 14.2 Å². The van der Waals surface area contributed by atoms with E-state index in [4.69, 9.17) is 13.9 Å². The first kappa shape index (κ1) is 16.0. The molecule has 5 heteroatoms. The lowest BCUT2D eigenvalue weighted by Gasteiger charge is -2.33. The van der Waals surface area contributed by atoms with E-state index in [1.54, 1.807) is 26.4 Å². The van der Waals surface area contributed by atoms with Crippen LogP contribution in [0.3, 0.4) is 0 Å². The zero-order chi connectivity index (χ0) is 16.6. The molecule has 5 nitrogen and oxygen atoms in total. The summed E-state index contributed by atoms with van der Waals surface area (Å²) in [6.45, 7) is 1.90. The van der Waals surface area contributed by atoms with Gasteiger partial charge in [0, 0.05) is 20.1 Å². The van der Waals surface area contributed by atoms with Gasteiger partial charge >= 0.3 is 0 Å². The third-order valence-electron chi connectivity index (χ3n) is 4.76. The molecule has 0 spiro atoms. The van der Waals surface area contributed by atoms with Crippen molar-refractivity contribution in [3.63, 3.8) is 0 Å². The highest BCUT2D eigenvalue weighted by atomic mass is 16.5. The molecule has 124 valence electrons. The molecule has 3 atom stereocenters. The van der Waals surface area contributed by atoms with Gasteiger partial charge in [-0.2, -0.15) is 0 Å². The number of benzene rings is 1. The Kier molecular flexibility index (Phi) is 4.41. The van der Waals surface area contributed by atoms with Crippen LogP contribution >= 0.6 is 0 Å². The average Bonchev–Trinajstić information content (AvgIpc) is 2.58. The van der Waals surface area contributed by atoms with E-state index in [2.05, 4.69) is 0 Å². The lowest BCUT2D eigenvalue weighted by atomic mass is 9.83. The van der Waals surface area contributed by atoms with Gasteiger partial charge in [0.25, 0.3) is 0 Å². The number of aromatic hydroxyl groups is 1. The molecule has 1 aromatic heterocycles. The van der Waals surface area contributed by atoms with Gasteiger partial charge in [-0.1, -0.05) is 11.6 Å². The van der Waals surface area contributed by atoms with Crippen LogP contribution in [0.4, 0.5) is 0 Å². The molecule has 0 radical (unpaired) electrons. The van der Waals surface area contributed by atoms with Crippen molar-refractivity contribution in [2.45, 2.75) is 44.3 Å². The fourth-order valence-corrected chi connectivity index (χ4v) is 3.45. The van der Waals surface area contributed by atoms with E-state index in [9.17, 15) is 9.90 Å². The van der Waals surface area contributed by atoms with E-state index < -0.39 is 0 Å². The van der Waals surface area contributed by atoms with Crippen LogP contribution < -0.4 is 5.43 Å². The Morgan fingerprint density at radius 3 is 2.61 bits per heavy atom. The monoisotopic (exact) mass is 318 g/mol. The van der Waals surface area contributed by atoms with Crippen LogP contribution in [-0.4, -0.2) is 31.5 Å². The minimum absolute atomic E-state index is 0.0354. The van der Waals surface area contributed by atoms with Crippen LogP contribution in [0.15, 0.2) is 27.4 Å². The summed E-state index contributed by atoms with van der Waals surface area (Å²) < 4.78 is 16.8. The van der Waals surface area contributed by atoms with Gasteiger partial charge in [-0.3, -0.25) is 4.79 Å². The molecule has 0 saturated heterocycles. The second-order valence-corrected chi connectivity index (χ2v) is 6.20. The molecule has 1 aliphatic rings. The molecule has 1 N–H and O–H groups in total. The topological polar surface area (TPSA) is 68.9 Å². The summed E-state index contributed by atoms with van der Waals surface area (Å²) in [5.74, 6) is 0.0338. The average molecular weight is 318 g/mol. The van der Waals surface area contributed by atoms with Crippen molar-refractivity contribution < 1.29 is 19.0 Å². The summed E-state index contributed by atoms with van der Waals surface area (Å²) in [6, 6.07) is 5.42. The molecule has 1 aliphatic carbocycles. The summed E-state index contributed by atoms with van der Waals surface area (Å²) in [4.78, 5) is 12.4. The lowest BCUT2D eigenvalue weighted by Crippen LogP contribution is -2.36. The Labute approximate surface area is 134 Å². The minimum Gasteiger partial charge on any atom is -0.502 e. The Hall–Kier alpha value is -1.85. The van der Waals surface area contributed by atoms with E-state index in [1.807, 2.05) is 13.0 Å². The van der Waals surface area contributed by atoms with Crippen molar-refractivity contribution in [1.29, 1.82) is 0 Å². The minimum atomic E-state index is -0.368. The third kappa shape index (κ3) is 2.86. The molecular formula is C18H22O5. The molecule has 1 saturated carbocycles. The normalized spacial score (nSPS) is 24.9. The Morgan fingerprint density at radius 1 is 1.17 bits per heavy atom. The Bertz CT molecular complexity index is 764. The van der Waals surface area contributed by atoms with E-state index in [-0.39, 0.29) is 29.3 Å². The first-order chi connectivity index (χ1) is 11.0. The second kappa shape index (κ2) is 6.34. The standard InChI is InChI=1S/C18H22O5/c1-10-4-6-13-12(8-10)16(19)17(20)18(23-13)11-5-7-14(21-2)15(9-11)22-3/h4,6,8,11,14-15,20H,5,7,9H2,1-3H3. The van der Waals surface area contributed by atoms with Crippen LogP contribution in [-0.2, 0) is 9.47 Å². The van der Waals surface area contributed by atoms with Crippen molar-refractivity contribution in [3.05, 3.63) is 39.7 Å². The zero-order valence-electron chi connectivity index (χ0n) is 13.7. The molecule has 3 rings (SSSR count). The van der Waals surface area contributed by atoms with Crippen molar-refractivity contribution in [3.8, 4) is 5.75 Å². The first-order valence-corrected chi connectivity index (χ1v) is 7.87. The van der Waals surface area contributed by atoms with Crippen molar-refractivity contribution in [2.24, 2.45) is 0 Å². The molecular weight excluding hydrogens is 296 g/mol. The van der Waals surface area contributed by atoms with Crippen molar-refractivity contribution >= 4 is 11.0 Å². The number of hydrogen-bond acceptors (Lipinski definition) is 5. The summed E-state index contributed by atoms with van der Waals surface area (Å²) in [6.07, 6.45) is 2.20. The molecule has 3 unspecified atom stereocenters. The quantitative estimate of drug-likeness (QED) is 0.941.